The number of nitrogen functional groups attached to an aromatic ring is 1. The summed E-state index contributed by atoms with van der Waals surface area (Å²) in [7, 11) is -2.71. The van der Waals surface area contributed by atoms with Crippen molar-refractivity contribution in [3.05, 3.63) is 41.1 Å². The van der Waals surface area contributed by atoms with E-state index in [1.54, 1.807) is 0 Å². The molecule has 36 heavy (non-hydrogen) atoms. The quantitative estimate of drug-likeness (QED) is 0.332. The van der Waals surface area contributed by atoms with Gasteiger partial charge in [0.2, 0.25) is 21.9 Å². The highest BCUT2D eigenvalue weighted by atomic mass is 35.5. The molecule has 2 aromatic rings. The molecule has 10 nitrogen and oxygen atoms in total. The maximum absolute atomic E-state index is 14.1. The smallest absolute Gasteiger partial charge is 0.416 e. The Morgan fingerprint density at radius 2 is 1.97 bits per heavy atom. The molecule has 4 rings (SSSR count). The molecule has 0 saturated carbocycles. The topological polar surface area (TPSA) is 147 Å². The summed E-state index contributed by atoms with van der Waals surface area (Å²) < 4.78 is 76.2. The highest BCUT2D eigenvalue weighted by Crippen LogP contribution is 2.43. The maximum atomic E-state index is 14.1. The average molecular weight is 548 g/mol. The van der Waals surface area contributed by atoms with Gasteiger partial charge in [-0.3, -0.25) is 0 Å². The molecule has 0 bridgehead atoms. The predicted octanol–water partition coefficient (Wildman–Crippen LogP) is 2.75. The van der Waals surface area contributed by atoms with Crippen LogP contribution in [-0.4, -0.2) is 61.4 Å². The number of rotatable bonds is 7. The molecule has 196 valence electrons. The van der Waals surface area contributed by atoms with E-state index in [9.17, 15) is 21.6 Å². The van der Waals surface area contributed by atoms with Crippen LogP contribution in [0.3, 0.4) is 0 Å². The van der Waals surface area contributed by atoms with E-state index in [4.69, 9.17) is 22.1 Å². The molecular formula is C21H25ClF3N7O3S. The average Bonchev–Trinajstić information content (AvgIpc) is 3.22. The molecule has 1 aliphatic heterocycles. The third-order valence-electron chi connectivity index (χ3n) is 5.83. The van der Waals surface area contributed by atoms with Gasteiger partial charge in [0.15, 0.2) is 0 Å². The Bertz CT molecular complexity index is 1290. The highest BCUT2D eigenvalue weighted by Gasteiger charge is 2.40. The number of nitrogens with zero attached hydrogens (tertiary/aromatic N) is 2. The fourth-order valence-electron chi connectivity index (χ4n) is 4.19. The van der Waals surface area contributed by atoms with Crippen molar-refractivity contribution >= 4 is 39.1 Å². The van der Waals surface area contributed by atoms with Gasteiger partial charge in [-0.2, -0.15) is 18.2 Å². The van der Waals surface area contributed by atoms with Gasteiger partial charge >= 0.3 is 6.18 Å². The molecule has 0 radical (unpaired) electrons. The number of hydrogen-bond donors (Lipinski definition) is 5. The third kappa shape index (κ3) is 5.77. The Hall–Kier alpha value is -2.81. The van der Waals surface area contributed by atoms with Gasteiger partial charge in [-0.15, -0.1) is 16.7 Å². The zero-order valence-corrected chi connectivity index (χ0v) is 20.7. The van der Waals surface area contributed by atoms with E-state index in [1.165, 1.54) is 25.3 Å². The molecule has 1 unspecified atom stereocenters. The maximum Gasteiger partial charge on any atom is 0.416 e. The number of piperidine rings is 1. The first kappa shape index (κ1) is 26.3. The van der Waals surface area contributed by atoms with Crippen molar-refractivity contribution in [3.63, 3.8) is 0 Å². The van der Waals surface area contributed by atoms with E-state index in [2.05, 4.69) is 30.5 Å². The van der Waals surface area contributed by atoms with Crippen molar-refractivity contribution in [1.82, 2.24) is 25.2 Å². The summed E-state index contributed by atoms with van der Waals surface area (Å²) in [6, 6.07) is 3.55. The van der Waals surface area contributed by atoms with Crippen LogP contribution in [0.2, 0.25) is 0 Å². The Morgan fingerprint density at radius 1 is 1.25 bits per heavy atom. The summed E-state index contributed by atoms with van der Waals surface area (Å²) in [5, 5.41) is 10.9. The number of aromatic nitrogens is 3. The number of nitrogens with two attached hydrogens (primary N) is 1. The Morgan fingerprint density at radius 3 is 2.58 bits per heavy atom. The first-order chi connectivity index (χ1) is 17.0. The number of methoxy groups -OCH3 is 1. The number of anilines is 2. The van der Waals surface area contributed by atoms with E-state index >= 15 is 0 Å². The molecule has 1 saturated heterocycles. The molecule has 1 aromatic heterocycles. The first-order valence-corrected chi connectivity index (χ1v) is 12.9. The minimum Gasteiger partial charge on any atom is -0.495 e. The molecule has 1 fully saturated rings. The molecular weight excluding hydrogens is 523 g/mol. The van der Waals surface area contributed by atoms with E-state index in [0.29, 0.717) is 25.9 Å². The summed E-state index contributed by atoms with van der Waals surface area (Å²) in [6.45, 7) is 1.37. The van der Waals surface area contributed by atoms with Crippen LogP contribution in [0.1, 0.15) is 24.8 Å². The van der Waals surface area contributed by atoms with E-state index in [1.807, 2.05) is 0 Å². The van der Waals surface area contributed by atoms with Gasteiger partial charge in [0.25, 0.3) is 0 Å². The number of H-pyrrole nitrogens is 1. The number of sulfonamides is 1. The number of alkyl halides is 4. The van der Waals surface area contributed by atoms with Crippen LogP contribution in [0.15, 0.2) is 40.4 Å². The number of hydrogen-bond acceptors (Lipinski definition) is 8. The number of aromatic amines is 1. The summed E-state index contributed by atoms with van der Waals surface area (Å²) in [4.78, 5) is 3.66. The summed E-state index contributed by atoms with van der Waals surface area (Å²) in [6.07, 6.45) is -2.57. The summed E-state index contributed by atoms with van der Waals surface area (Å²) in [5.74, 6) is -0.0821. The summed E-state index contributed by atoms with van der Waals surface area (Å²) >= 11 is 6.45. The number of ether oxygens (including phenoxy) is 1. The lowest BCUT2D eigenvalue weighted by molar-refractivity contribution is -0.0879. The monoisotopic (exact) mass is 547 g/mol. The lowest BCUT2D eigenvalue weighted by Crippen LogP contribution is -2.42. The van der Waals surface area contributed by atoms with E-state index in [-0.39, 0.29) is 51.8 Å². The molecule has 2 heterocycles. The summed E-state index contributed by atoms with van der Waals surface area (Å²) in [5.41, 5.74) is 4.52. The molecule has 0 amide bonds. The molecule has 1 atom stereocenters. The van der Waals surface area contributed by atoms with Gasteiger partial charge in [-0.05, 0) is 55.3 Å². The van der Waals surface area contributed by atoms with E-state index in [0.717, 1.165) is 6.08 Å². The van der Waals surface area contributed by atoms with Crippen molar-refractivity contribution in [2.24, 2.45) is 0 Å². The second-order valence-electron chi connectivity index (χ2n) is 8.35. The second-order valence-corrected chi connectivity index (χ2v) is 10.6. The number of nitrogens with one attached hydrogen (secondary N) is 4. The Kier molecular flexibility index (Phi) is 7.50. The molecule has 0 spiro atoms. The zero-order valence-electron chi connectivity index (χ0n) is 19.1. The third-order valence-corrected chi connectivity index (χ3v) is 7.76. The van der Waals surface area contributed by atoms with Crippen LogP contribution in [0, 0.1) is 0 Å². The van der Waals surface area contributed by atoms with Gasteiger partial charge < -0.3 is 21.1 Å². The lowest BCUT2D eigenvalue weighted by Gasteiger charge is -2.27. The van der Waals surface area contributed by atoms with Gasteiger partial charge in [0.05, 0.1) is 18.1 Å². The lowest BCUT2D eigenvalue weighted by atomic mass is 9.89. The van der Waals surface area contributed by atoms with E-state index < -0.39 is 27.1 Å². The van der Waals surface area contributed by atoms with Crippen molar-refractivity contribution in [1.29, 1.82) is 0 Å². The van der Waals surface area contributed by atoms with Crippen LogP contribution in [0.4, 0.5) is 25.1 Å². The minimum absolute atomic E-state index is 0.000360. The normalized spacial score (nSPS) is 19.8. The van der Waals surface area contributed by atoms with Crippen molar-refractivity contribution in [2.75, 3.05) is 31.2 Å². The number of allylic oxidation sites excluding steroid dienone is 4. The number of halogens is 4. The van der Waals surface area contributed by atoms with Crippen molar-refractivity contribution < 1.29 is 26.3 Å². The van der Waals surface area contributed by atoms with Crippen LogP contribution >= 0.6 is 11.6 Å². The molecule has 1 aromatic carbocycles. The fraction of sp³-hybridized carbons (Fsp3) is 0.429. The Labute approximate surface area is 210 Å². The SMILES string of the molecule is COc1cc(C2=C(C(F)(F)F)C=C(Nc3n[nH]c(N)n3)CC2Cl)ccc1S(=O)(=O)NC1CCNCC1. The van der Waals surface area contributed by atoms with Crippen LogP contribution in [0.25, 0.3) is 5.57 Å². The van der Waals surface area contributed by atoms with Crippen molar-refractivity contribution in [2.45, 2.75) is 41.8 Å². The van der Waals surface area contributed by atoms with Crippen LogP contribution in [0.5, 0.6) is 5.75 Å². The highest BCUT2D eigenvalue weighted by molar-refractivity contribution is 7.89. The van der Waals surface area contributed by atoms with Crippen molar-refractivity contribution in [3.8, 4) is 5.75 Å². The fourth-order valence-corrected chi connectivity index (χ4v) is 6.05. The molecule has 1 aliphatic carbocycles. The van der Waals surface area contributed by atoms with Gasteiger partial charge in [-0.25, -0.2) is 18.2 Å². The molecule has 6 N–H and O–H groups in total. The molecule has 15 heteroatoms. The van der Waals surface area contributed by atoms with Gasteiger partial charge in [0, 0.05) is 18.2 Å². The largest absolute Gasteiger partial charge is 0.495 e. The first-order valence-electron chi connectivity index (χ1n) is 11.0. The van der Waals surface area contributed by atoms with Crippen LogP contribution < -0.4 is 25.8 Å². The Balaban J connectivity index is 1.71. The predicted molar refractivity (Wildman–Crippen MR) is 129 cm³/mol. The standard InChI is InChI=1S/C21H25ClF3N7O3S/c1-35-16-8-11(2-3-17(16)36(33,34)32-12-4-6-27-7-5-12)18-14(21(23,24)25)9-13(10-15(18)22)28-20-29-19(26)30-31-20/h2-3,8-9,12,15,27,32H,4-7,10H2,1H3,(H4,26,28,29,30,31). The minimum atomic E-state index is -4.75. The molecule has 2 aliphatic rings. The van der Waals surface area contributed by atoms with Crippen LogP contribution in [-0.2, 0) is 10.0 Å². The van der Waals surface area contributed by atoms with Gasteiger partial charge in [0.1, 0.15) is 10.6 Å². The van der Waals surface area contributed by atoms with Gasteiger partial charge in [-0.1, -0.05) is 6.07 Å². The second kappa shape index (κ2) is 10.3. The number of benzene rings is 1. The zero-order chi connectivity index (χ0) is 26.1.